The molecule has 2 rings (SSSR count). The normalized spacial score (nSPS) is 10.4. The van der Waals surface area contributed by atoms with Crippen LogP contribution in [0.5, 0.6) is 0 Å². The lowest BCUT2D eigenvalue weighted by atomic mass is 10.3. The molecule has 0 saturated heterocycles. The van der Waals surface area contributed by atoms with Gasteiger partial charge in [0.25, 0.3) is 5.56 Å². The minimum absolute atomic E-state index is 0.000556. The molecular weight excluding hydrogens is 152 g/mol. The van der Waals surface area contributed by atoms with Gasteiger partial charge in [-0.1, -0.05) is 0 Å². The summed E-state index contributed by atoms with van der Waals surface area (Å²) in [6, 6.07) is 5.38. The molecule has 0 N–H and O–H groups in total. The van der Waals surface area contributed by atoms with Gasteiger partial charge in [-0.15, -0.1) is 0 Å². The number of rotatable bonds is 0. The smallest absolute Gasteiger partial charge is 0.259 e. The highest BCUT2D eigenvalue weighted by Gasteiger charge is 1.97. The van der Waals surface area contributed by atoms with E-state index in [9.17, 15) is 4.79 Å². The van der Waals surface area contributed by atoms with E-state index in [-0.39, 0.29) is 5.56 Å². The lowest BCUT2D eigenvalue weighted by molar-refractivity contribution is 0.872. The topological polar surface area (TPSA) is 34.9 Å². The molecule has 0 aliphatic carbocycles. The quantitative estimate of drug-likeness (QED) is 0.574. The van der Waals surface area contributed by atoms with Gasteiger partial charge in [-0.2, -0.15) is 0 Å². The molecule has 3 heteroatoms. The lowest BCUT2D eigenvalue weighted by Gasteiger charge is -1.98. The summed E-state index contributed by atoms with van der Waals surface area (Å²) >= 11 is 0. The van der Waals surface area contributed by atoms with Crippen LogP contribution >= 0.6 is 0 Å². The van der Waals surface area contributed by atoms with Crippen molar-refractivity contribution < 1.29 is 0 Å². The van der Waals surface area contributed by atoms with Crippen LogP contribution in [-0.4, -0.2) is 9.55 Å². The molecule has 0 radical (unpaired) electrons. The third kappa shape index (κ3) is 0.906. The van der Waals surface area contributed by atoms with E-state index in [4.69, 9.17) is 0 Å². The molecule has 12 heavy (non-hydrogen) atoms. The van der Waals surface area contributed by atoms with E-state index in [2.05, 4.69) is 4.98 Å². The zero-order valence-electron chi connectivity index (χ0n) is 6.69. The summed E-state index contributed by atoms with van der Waals surface area (Å²) < 4.78 is 1.55. The Balaban J connectivity index is 3.01. The summed E-state index contributed by atoms with van der Waals surface area (Å²) in [4.78, 5) is 15.5. The number of nitrogens with zero attached hydrogens (tertiary/aromatic N) is 2. The molecule has 0 saturated carbocycles. The molecule has 0 fully saturated rings. The van der Waals surface area contributed by atoms with Crippen molar-refractivity contribution in [3.63, 3.8) is 0 Å². The van der Waals surface area contributed by atoms with Gasteiger partial charge in [0.15, 0.2) is 0 Å². The molecule has 2 aromatic rings. The number of pyridine rings is 2. The van der Waals surface area contributed by atoms with Crippen molar-refractivity contribution in [2.75, 3.05) is 0 Å². The van der Waals surface area contributed by atoms with Gasteiger partial charge >= 0.3 is 0 Å². The van der Waals surface area contributed by atoms with Crippen LogP contribution in [-0.2, 0) is 7.05 Å². The van der Waals surface area contributed by atoms with Crippen LogP contribution < -0.4 is 5.56 Å². The van der Waals surface area contributed by atoms with Crippen molar-refractivity contribution in [3.05, 3.63) is 40.9 Å². The number of aryl methyl sites for hydroxylation is 1. The molecule has 2 heterocycles. The number of hydrogen-bond acceptors (Lipinski definition) is 2. The van der Waals surface area contributed by atoms with Crippen LogP contribution in [0.15, 0.2) is 35.4 Å². The van der Waals surface area contributed by atoms with Crippen LogP contribution in [0, 0.1) is 0 Å². The average Bonchev–Trinajstić information content (AvgIpc) is 2.12. The van der Waals surface area contributed by atoms with Crippen LogP contribution in [0.4, 0.5) is 0 Å². The summed E-state index contributed by atoms with van der Waals surface area (Å²) in [7, 11) is 1.73. The van der Waals surface area contributed by atoms with Gasteiger partial charge in [0.2, 0.25) is 0 Å². The molecule has 0 aliphatic heterocycles. The third-order valence-corrected chi connectivity index (χ3v) is 1.85. The van der Waals surface area contributed by atoms with E-state index in [0.717, 1.165) is 5.52 Å². The maximum Gasteiger partial charge on any atom is 0.259 e. The van der Waals surface area contributed by atoms with E-state index < -0.39 is 0 Å². The molecular formula is C9H8N2O. The SMILES string of the molecule is Cn1ccc2ncccc2c1=O. The largest absolute Gasteiger partial charge is 0.318 e. The van der Waals surface area contributed by atoms with Crippen LogP contribution in [0.25, 0.3) is 10.9 Å². The maximum atomic E-state index is 11.5. The Kier molecular flexibility index (Phi) is 1.43. The van der Waals surface area contributed by atoms with E-state index in [1.165, 1.54) is 0 Å². The molecule has 3 nitrogen and oxygen atoms in total. The summed E-state index contributed by atoms with van der Waals surface area (Å²) in [5.74, 6) is 0. The van der Waals surface area contributed by atoms with Gasteiger partial charge in [0.1, 0.15) is 0 Å². The van der Waals surface area contributed by atoms with Crippen LogP contribution in [0.2, 0.25) is 0 Å². The Bertz CT molecular complexity index is 473. The van der Waals surface area contributed by atoms with E-state index in [1.54, 1.807) is 36.1 Å². The summed E-state index contributed by atoms with van der Waals surface area (Å²) in [5, 5.41) is 0.669. The molecule has 0 unspecified atom stereocenters. The molecule has 60 valence electrons. The van der Waals surface area contributed by atoms with Gasteiger partial charge in [0, 0.05) is 19.4 Å². The summed E-state index contributed by atoms with van der Waals surface area (Å²) in [6.07, 6.45) is 3.40. The Morgan fingerprint density at radius 2 is 2.25 bits per heavy atom. The highest BCUT2D eigenvalue weighted by Crippen LogP contribution is 2.02. The van der Waals surface area contributed by atoms with Gasteiger partial charge < -0.3 is 4.57 Å². The Labute approximate surface area is 69.3 Å². The lowest BCUT2D eigenvalue weighted by Crippen LogP contribution is -2.15. The van der Waals surface area contributed by atoms with E-state index in [1.807, 2.05) is 6.07 Å². The second kappa shape index (κ2) is 2.44. The van der Waals surface area contributed by atoms with Gasteiger partial charge in [-0.25, -0.2) is 0 Å². The monoisotopic (exact) mass is 160 g/mol. The molecule has 0 aliphatic rings. The summed E-state index contributed by atoms with van der Waals surface area (Å²) in [6.45, 7) is 0. The zero-order chi connectivity index (χ0) is 8.55. The van der Waals surface area contributed by atoms with Crippen LogP contribution in [0.3, 0.4) is 0 Å². The molecule has 2 aromatic heterocycles. The third-order valence-electron chi connectivity index (χ3n) is 1.85. The first-order valence-corrected chi connectivity index (χ1v) is 3.69. The van der Waals surface area contributed by atoms with Crippen molar-refractivity contribution in [1.82, 2.24) is 9.55 Å². The minimum Gasteiger partial charge on any atom is -0.318 e. The van der Waals surface area contributed by atoms with Gasteiger partial charge in [0.05, 0.1) is 10.9 Å². The standard InChI is InChI=1S/C9H8N2O/c1-11-6-4-8-7(9(11)12)3-2-5-10-8/h2-6H,1H3. The number of hydrogen-bond donors (Lipinski definition) is 0. The van der Waals surface area contributed by atoms with Crippen molar-refractivity contribution >= 4 is 10.9 Å². The summed E-state index contributed by atoms with van der Waals surface area (Å²) in [5.41, 5.74) is 0.751. The first-order valence-electron chi connectivity index (χ1n) is 3.69. The Morgan fingerprint density at radius 3 is 3.08 bits per heavy atom. The van der Waals surface area contributed by atoms with Gasteiger partial charge in [-0.3, -0.25) is 9.78 Å². The first kappa shape index (κ1) is 7.03. The molecule has 0 amide bonds. The van der Waals surface area contributed by atoms with Gasteiger partial charge in [-0.05, 0) is 18.2 Å². The maximum absolute atomic E-state index is 11.5. The highest BCUT2D eigenvalue weighted by atomic mass is 16.1. The Morgan fingerprint density at radius 1 is 1.42 bits per heavy atom. The fourth-order valence-electron chi connectivity index (χ4n) is 1.17. The van der Waals surface area contributed by atoms with Crippen LogP contribution in [0.1, 0.15) is 0 Å². The second-order valence-corrected chi connectivity index (χ2v) is 2.67. The predicted octanol–water partition coefficient (Wildman–Crippen LogP) is 0.933. The van der Waals surface area contributed by atoms with E-state index in [0.29, 0.717) is 5.39 Å². The predicted molar refractivity (Wildman–Crippen MR) is 47.0 cm³/mol. The van der Waals surface area contributed by atoms with Crippen molar-refractivity contribution in [2.24, 2.45) is 7.05 Å². The fraction of sp³-hybridized carbons (Fsp3) is 0.111. The zero-order valence-corrected chi connectivity index (χ0v) is 6.69. The minimum atomic E-state index is 0.000556. The average molecular weight is 160 g/mol. The van der Waals surface area contributed by atoms with Crippen molar-refractivity contribution in [2.45, 2.75) is 0 Å². The second-order valence-electron chi connectivity index (χ2n) is 2.67. The number of aromatic nitrogens is 2. The fourth-order valence-corrected chi connectivity index (χ4v) is 1.17. The molecule has 0 spiro atoms. The highest BCUT2D eigenvalue weighted by molar-refractivity contribution is 5.76. The molecule has 0 aromatic carbocycles. The first-order chi connectivity index (χ1) is 5.79. The van der Waals surface area contributed by atoms with Crippen molar-refractivity contribution in [3.8, 4) is 0 Å². The van der Waals surface area contributed by atoms with Crippen molar-refractivity contribution in [1.29, 1.82) is 0 Å². The van der Waals surface area contributed by atoms with E-state index >= 15 is 0 Å². The Hall–Kier alpha value is -1.64. The number of fused-ring (bicyclic) bond motifs is 1. The molecule has 0 bridgehead atoms. The molecule has 0 atom stereocenters.